The van der Waals surface area contributed by atoms with Crippen LogP contribution in [-0.2, 0) is 11.3 Å². The molecule has 6 heteroatoms. The van der Waals surface area contributed by atoms with Crippen LogP contribution in [0.25, 0.3) is 22.4 Å². The van der Waals surface area contributed by atoms with E-state index in [0.29, 0.717) is 28.9 Å². The van der Waals surface area contributed by atoms with Crippen molar-refractivity contribution in [2.75, 3.05) is 7.11 Å². The van der Waals surface area contributed by atoms with Crippen LogP contribution >= 0.6 is 0 Å². The lowest BCUT2D eigenvalue weighted by molar-refractivity contribution is 0.0601. The lowest BCUT2D eigenvalue weighted by Crippen LogP contribution is -2.04. The molecule has 4 rings (SSSR count). The zero-order valence-electron chi connectivity index (χ0n) is 14.2. The molecular formula is C20H16N4O2. The predicted molar refractivity (Wildman–Crippen MR) is 97.6 cm³/mol. The minimum absolute atomic E-state index is 0.406. The van der Waals surface area contributed by atoms with Crippen LogP contribution in [-0.4, -0.2) is 32.6 Å². The van der Waals surface area contributed by atoms with Crippen molar-refractivity contribution in [3.05, 3.63) is 78.4 Å². The van der Waals surface area contributed by atoms with Crippen LogP contribution in [0.3, 0.4) is 0 Å². The summed E-state index contributed by atoms with van der Waals surface area (Å²) in [4.78, 5) is 25.4. The average molecular weight is 344 g/mol. The van der Waals surface area contributed by atoms with Crippen molar-refractivity contribution in [3.63, 3.8) is 0 Å². The van der Waals surface area contributed by atoms with E-state index in [4.69, 9.17) is 4.74 Å². The molecule has 0 unspecified atom stereocenters. The smallest absolute Gasteiger partial charge is 0.338 e. The summed E-state index contributed by atoms with van der Waals surface area (Å²) in [5.41, 5.74) is 4.27. The van der Waals surface area contributed by atoms with E-state index in [2.05, 4.69) is 27.1 Å². The van der Waals surface area contributed by atoms with Crippen LogP contribution in [0.15, 0.2) is 67.3 Å². The number of hydrogen-bond acceptors (Lipinski definition) is 5. The van der Waals surface area contributed by atoms with Crippen molar-refractivity contribution < 1.29 is 9.53 Å². The van der Waals surface area contributed by atoms with Crippen LogP contribution in [0, 0.1) is 0 Å². The second-order valence-electron chi connectivity index (χ2n) is 5.79. The fourth-order valence-electron chi connectivity index (χ4n) is 2.95. The van der Waals surface area contributed by atoms with Crippen molar-refractivity contribution >= 4 is 17.1 Å². The largest absolute Gasteiger partial charge is 0.465 e. The van der Waals surface area contributed by atoms with E-state index >= 15 is 0 Å². The third kappa shape index (κ3) is 2.82. The van der Waals surface area contributed by atoms with Gasteiger partial charge in [0.25, 0.3) is 0 Å². The molecule has 0 amide bonds. The van der Waals surface area contributed by atoms with Gasteiger partial charge in [0, 0.05) is 5.56 Å². The van der Waals surface area contributed by atoms with E-state index in [0.717, 1.165) is 11.2 Å². The summed E-state index contributed by atoms with van der Waals surface area (Å²) in [5, 5.41) is 0. The van der Waals surface area contributed by atoms with Crippen molar-refractivity contribution in [1.82, 2.24) is 19.5 Å². The van der Waals surface area contributed by atoms with Crippen LogP contribution in [0.2, 0.25) is 0 Å². The molecule has 0 aliphatic carbocycles. The molecule has 26 heavy (non-hydrogen) atoms. The molecule has 2 aromatic carbocycles. The molecule has 0 saturated carbocycles. The first kappa shape index (κ1) is 16.0. The van der Waals surface area contributed by atoms with E-state index in [9.17, 15) is 4.79 Å². The lowest BCUT2D eigenvalue weighted by atomic mass is 10.0. The number of aromatic nitrogens is 4. The van der Waals surface area contributed by atoms with Gasteiger partial charge >= 0.3 is 5.97 Å². The number of fused-ring (bicyclic) bond motifs is 1. The van der Waals surface area contributed by atoms with Crippen molar-refractivity contribution in [2.45, 2.75) is 6.54 Å². The summed E-state index contributed by atoms with van der Waals surface area (Å²) < 4.78 is 6.86. The van der Waals surface area contributed by atoms with E-state index in [1.807, 2.05) is 34.9 Å². The predicted octanol–water partition coefficient (Wildman–Crippen LogP) is 3.33. The van der Waals surface area contributed by atoms with Gasteiger partial charge in [-0.25, -0.2) is 19.7 Å². The second kappa shape index (κ2) is 6.76. The highest BCUT2D eigenvalue weighted by molar-refractivity contribution is 6.00. The highest BCUT2D eigenvalue weighted by Crippen LogP contribution is 2.28. The number of esters is 1. The van der Waals surface area contributed by atoms with Gasteiger partial charge in [0.2, 0.25) is 0 Å². The first-order valence-corrected chi connectivity index (χ1v) is 8.15. The second-order valence-corrected chi connectivity index (χ2v) is 5.79. The molecule has 0 spiro atoms. The molecule has 0 fully saturated rings. The fourth-order valence-corrected chi connectivity index (χ4v) is 2.95. The molecule has 0 aliphatic heterocycles. The third-order valence-electron chi connectivity index (χ3n) is 4.18. The minimum Gasteiger partial charge on any atom is -0.465 e. The van der Waals surface area contributed by atoms with E-state index in [1.54, 1.807) is 18.5 Å². The number of ether oxygens (including phenoxy) is 1. The highest BCUT2D eigenvalue weighted by atomic mass is 16.5. The molecule has 2 heterocycles. The molecule has 128 valence electrons. The number of hydrogen-bond donors (Lipinski definition) is 0. The molecule has 0 bridgehead atoms. The Balaban J connectivity index is 1.83. The molecule has 2 aromatic heterocycles. The molecule has 6 nitrogen and oxygen atoms in total. The van der Waals surface area contributed by atoms with Gasteiger partial charge in [-0.15, -0.1) is 0 Å². The summed E-state index contributed by atoms with van der Waals surface area (Å²) in [6.07, 6.45) is 3.24. The Morgan fingerprint density at radius 2 is 1.77 bits per heavy atom. The van der Waals surface area contributed by atoms with Gasteiger partial charge in [-0.3, -0.25) is 0 Å². The monoisotopic (exact) mass is 344 g/mol. The van der Waals surface area contributed by atoms with Gasteiger partial charge < -0.3 is 9.30 Å². The van der Waals surface area contributed by atoms with Crippen molar-refractivity contribution in [2.24, 2.45) is 0 Å². The number of nitrogens with zero attached hydrogens (tertiary/aromatic N) is 4. The molecule has 0 saturated heterocycles. The maximum atomic E-state index is 12.1. The number of carbonyl (C=O) groups excluding carboxylic acids is 1. The Morgan fingerprint density at radius 3 is 2.58 bits per heavy atom. The maximum Gasteiger partial charge on any atom is 0.338 e. The number of rotatable bonds is 4. The molecule has 0 aliphatic rings. The Labute approximate surface area is 150 Å². The average Bonchev–Trinajstić information content (AvgIpc) is 3.11. The van der Waals surface area contributed by atoms with Crippen LogP contribution < -0.4 is 0 Å². The van der Waals surface area contributed by atoms with Crippen LogP contribution in [0.4, 0.5) is 0 Å². The lowest BCUT2D eigenvalue weighted by Gasteiger charge is -2.08. The first-order valence-electron chi connectivity index (χ1n) is 8.15. The van der Waals surface area contributed by atoms with Gasteiger partial charge in [-0.1, -0.05) is 48.5 Å². The standard InChI is InChI=1S/C20H16N4O2/c1-26-20(25)16-10-6-5-9-15(16)17-18-19(22-12-21-17)24(13-23-18)11-14-7-3-2-4-8-14/h2-10,12-13H,11H2,1H3. The van der Waals surface area contributed by atoms with Gasteiger partial charge in [0.1, 0.15) is 17.5 Å². The topological polar surface area (TPSA) is 69.9 Å². The Hall–Kier alpha value is -3.54. The number of benzene rings is 2. The molecule has 0 atom stereocenters. The Kier molecular flexibility index (Phi) is 4.15. The maximum absolute atomic E-state index is 12.1. The fraction of sp³-hybridized carbons (Fsp3) is 0.100. The normalized spacial score (nSPS) is 10.8. The molecule has 4 aromatic rings. The Bertz CT molecular complexity index is 1070. The summed E-state index contributed by atoms with van der Waals surface area (Å²) in [5.74, 6) is -0.406. The van der Waals surface area contributed by atoms with Crippen LogP contribution in [0.5, 0.6) is 0 Å². The summed E-state index contributed by atoms with van der Waals surface area (Å²) >= 11 is 0. The summed E-state index contributed by atoms with van der Waals surface area (Å²) in [6, 6.07) is 17.3. The number of methoxy groups -OCH3 is 1. The minimum atomic E-state index is -0.406. The molecule has 0 radical (unpaired) electrons. The van der Waals surface area contributed by atoms with E-state index in [1.165, 1.54) is 13.4 Å². The summed E-state index contributed by atoms with van der Waals surface area (Å²) in [6.45, 7) is 0.659. The highest BCUT2D eigenvalue weighted by Gasteiger charge is 2.18. The quantitative estimate of drug-likeness (QED) is 0.531. The first-order chi connectivity index (χ1) is 12.8. The van der Waals surface area contributed by atoms with Gasteiger partial charge in [-0.2, -0.15) is 0 Å². The summed E-state index contributed by atoms with van der Waals surface area (Å²) in [7, 11) is 1.36. The van der Waals surface area contributed by atoms with Gasteiger partial charge in [0.05, 0.1) is 25.5 Å². The van der Waals surface area contributed by atoms with Crippen LogP contribution in [0.1, 0.15) is 15.9 Å². The SMILES string of the molecule is COC(=O)c1ccccc1-c1ncnc2c1ncn2Cc1ccccc1. The third-order valence-corrected chi connectivity index (χ3v) is 4.18. The zero-order chi connectivity index (χ0) is 17.9. The van der Waals surface area contributed by atoms with E-state index < -0.39 is 5.97 Å². The Morgan fingerprint density at radius 1 is 1.00 bits per heavy atom. The molecular weight excluding hydrogens is 328 g/mol. The number of imidazole rings is 1. The van der Waals surface area contributed by atoms with Gasteiger partial charge in [-0.05, 0) is 11.6 Å². The number of carbonyl (C=O) groups is 1. The zero-order valence-corrected chi connectivity index (χ0v) is 14.2. The molecule has 0 N–H and O–H groups in total. The van der Waals surface area contributed by atoms with Gasteiger partial charge in [0.15, 0.2) is 5.65 Å². The van der Waals surface area contributed by atoms with E-state index in [-0.39, 0.29) is 0 Å². The van der Waals surface area contributed by atoms with Crippen molar-refractivity contribution in [3.8, 4) is 11.3 Å². The van der Waals surface area contributed by atoms with Crippen molar-refractivity contribution in [1.29, 1.82) is 0 Å².